The maximum Gasteiger partial charge on any atom is 0.299 e. The lowest BCUT2D eigenvalue weighted by Gasteiger charge is -2.17. The third-order valence-electron chi connectivity index (χ3n) is 3.91. The van der Waals surface area contributed by atoms with Gasteiger partial charge in [-0.1, -0.05) is 11.2 Å². The fourth-order valence-electron chi connectivity index (χ4n) is 2.84. The van der Waals surface area contributed by atoms with Crippen LogP contribution in [0.1, 0.15) is 38.5 Å². The normalized spacial score (nSPS) is 14.0. The Labute approximate surface area is 122 Å². The van der Waals surface area contributed by atoms with Gasteiger partial charge in [0, 0.05) is 5.56 Å². The largest absolute Gasteiger partial charge is 0.361 e. The molecule has 1 aliphatic rings. The Bertz CT molecular complexity index is 755. The summed E-state index contributed by atoms with van der Waals surface area (Å²) in [6, 6.07) is 3.80. The van der Waals surface area contributed by atoms with Gasteiger partial charge in [0.1, 0.15) is 5.76 Å². The average molecular weight is 284 g/mol. The lowest BCUT2D eigenvalue weighted by molar-refractivity contribution is -0.114. The number of benzene rings is 1. The van der Waals surface area contributed by atoms with Crippen LogP contribution in [0.5, 0.6) is 0 Å². The molecule has 1 amide bonds. The van der Waals surface area contributed by atoms with E-state index in [1.165, 1.54) is 4.90 Å². The van der Waals surface area contributed by atoms with E-state index in [0.29, 0.717) is 23.6 Å². The van der Waals surface area contributed by atoms with Crippen molar-refractivity contribution in [2.24, 2.45) is 0 Å². The highest BCUT2D eigenvalue weighted by molar-refractivity contribution is 6.52. The average Bonchev–Trinajstić information content (AvgIpc) is 2.84. The minimum Gasteiger partial charge on any atom is -0.361 e. The Kier molecular flexibility index (Phi) is 2.93. The van der Waals surface area contributed by atoms with Gasteiger partial charge < -0.3 is 9.42 Å². The number of Topliss-reactive ketones (excluding diaryl/α,β-unsaturated/α-hetero) is 1. The second kappa shape index (κ2) is 4.55. The highest BCUT2D eigenvalue weighted by Gasteiger charge is 2.37. The molecule has 2 heterocycles. The molecule has 0 saturated carbocycles. The number of hydrogen-bond acceptors (Lipinski definition) is 4. The molecule has 0 fully saturated rings. The topological polar surface area (TPSA) is 63.4 Å². The molecular weight excluding hydrogens is 268 g/mol. The number of aryl methyl sites for hydroxylation is 4. The Morgan fingerprint density at radius 3 is 2.48 bits per heavy atom. The summed E-state index contributed by atoms with van der Waals surface area (Å²) < 4.78 is 5.13. The van der Waals surface area contributed by atoms with Crippen molar-refractivity contribution in [2.75, 3.05) is 4.90 Å². The van der Waals surface area contributed by atoms with Crippen LogP contribution < -0.4 is 4.90 Å². The maximum absolute atomic E-state index is 12.3. The quantitative estimate of drug-likeness (QED) is 0.795. The van der Waals surface area contributed by atoms with Gasteiger partial charge in [-0.05, 0) is 44.9 Å². The van der Waals surface area contributed by atoms with Crippen molar-refractivity contribution in [3.63, 3.8) is 0 Å². The summed E-state index contributed by atoms with van der Waals surface area (Å²) >= 11 is 0. The van der Waals surface area contributed by atoms with Crippen molar-refractivity contribution in [1.29, 1.82) is 0 Å². The zero-order valence-electron chi connectivity index (χ0n) is 12.5. The number of carbonyl (C=O) groups excluding carboxylic acids is 2. The molecule has 0 N–H and O–H groups in total. The predicted octanol–water partition coefficient (Wildman–Crippen LogP) is 2.64. The highest BCUT2D eigenvalue weighted by atomic mass is 16.5. The van der Waals surface area contributed by atoms with Crippen molar-refractivity contribution >= 4 is 17.4 Å². The SMILES string of the molecule is Cc1cc(C)c2c(c1)N(Cc1c(C)noc1C)C(=O)C2=O. The summed E-state index contributed by atoms with van der Waals surface area (Å²) in [4.78, 5) is 26.0. The first kappa shape index (κ1) is 13.5. The van der Waals surface area contributed by atoms with Gasteiger partial charge in [-0.2, -0.15) is 0 Å². The van der Waals surface area contributed by atoms with Gasteiger partial charge in [0.05, 0.1) is 23.5 Å². The molecule has 0 bridgehead atoms. The van der Waals surface area contributed by atoms with Crippen molar-refractivity contribution in [1.82, 2.24) is 5.16 Å². The summed E-state index contributed by atoms with van der Waals surface area (Å²) in [5.74, 6) is -0.251. The fourth-order valence-corrected chi connectivity index (χ4v) is 2.84. The van der Waals surface area contributed by atoms with Gasteiger partial charge >= 0.3 is 0 Å². The fraction of sp³-hybridized carbons (Fsp3) is 0.312. The van der Waals surface area contributed by atoms with E-state index in [9.17, 15) is 9.59 Å². The first-order chi connectivity index (χ1) is 9.90. The minimum absolute atomic E-state index is 0.307. The van der Waals surface area contributed by atoms with Crippen molar-refractivity contribution in [3.05, 3.63) is 45.8 Å². The highest BCUT2D eigenvalue weighted by Crippen LogP contribution is 2.34. The number of rotatable bonds is 2. The molecule has 1 aromatic heterocycles. The Balaban J connectivity index is 2.10. The van der Waals surface area contributed by atoms with E-state index in [1.807, 2.05) is 32.9 Å². The van der Waals surface area contributed by atoms with Gasteiger partial charge in [-0.3, -0.25) is 9.59 Å². The number of amides is 1. The third kappa shape index (κ3) is 1.96. The van der Waals surface area contributed by atoms with E-state index in [2.05, 4.69) is 5.16 Å². The lowest BCUT2D eigenvalue weighted by Crippen LogP contribution is -2.29. The molecule has 0 aliphatic carbocycles. The number of anilines is 1. The molecular formula is C16H16N2O3. The molecule has 2 aromatic rings. The van der Waals surface area contributed by atoms with Crippen LogP contribution in [0.25, 0.3) is 0 Å². The van der Waals surface area contributed by atoms with Crippen molar-refractivity contribution < 1.29 is 14.1 Å². The zero-order valence-corrected chi connectivity index (χ0v) is 12.5. The van der Waals surface area contributed by atoms with Crippen LogP contribution in [-0.2, 0) is 11.3 Å². The van der Waals surface area contributed by atoms with Gasteiger partial charge in [-0.15, -0.1) is 0 Å². The number of nitrogens with zero attached hydrogens (tertiary/aromatic N) is 2. The second-order valence-electron chi connectivity index (χ2n) is 5.50. The van der Waals surface area contributed by atoms with Crippen molar-refractivity contribution in [2.45, 2.75) is 34.2 Å². The molecule has 0 spiro atoms. The van der Waals surface area contributed by atoms with Crippen LogP contribution in [0.15, 0.2) is 16.7 Å². The maximum atomic E-state index is 12.3. The number of fused-ring (bicyclic) bond motifs is 1. The minimum atomic E-state index is -0.487. The Morgan fingerprint density at radius 1 is 1.14 bits per heavy atom. The first-order valence-corrected chi connectivity index (χ1v) is 6.79. The van der Waals surface area contributed by atoms with Crippen LogP contribution >= 0.6 is 0 Å². The van der Waals surface area contributed by atoms with Gasteiger partial charge in [-0.25, -0.2) is 0 Å². The molecule has 0 unspecified atom stereocenters. The van der Waals surface area contributed by atoms with Gasteiger partial charge in [0.2, 0.25) is 0 Å². The van der Waals surface area contributed by atoms with E-state index in [-0.39, 0.29) is 0 Å². The lowest BCUT2D eigenvalue weighted by atomic mass is 10.0. The number of carbonyl (C=O) groups is 2. The summed E-state index contributed by atoms with van der Waals surface area (Å²) in [7, 11) is 0. The van der Waals surface area contributed by atoms with Crippen LogP contribution in [0, 0.1) is 27.7 Å². The summed E-state index contributed by atoms with van der Waals surface area (Å²) in [5.41, 5.74) is 4.65. The first-order valence-electron chi connectivity index (χ1n) is 6.79. The molecule has 108 valence electrons. The molecule has 1 aromatic carbocycles. The molecule has 5 nitrogen and oxygen atoms in total. The molecule has 0 radical (unpaired) electrons. The molecule has 21 heavy (non-hydrogen) atoms. The number of aromatic nitrogens is 1. The standard InChI is InChI=1S/C16H16N2O3/c1-8-5-9(2)14-13(6-8)18(16(20)15(14)19)7-12-10(3)17-21-11(12)4/h5-6H,7H2,1-4H3. The summed E-state index contributed by atoms with van der Waals surface area (Å²) in [5, 5.41) is 3.90. The van der Waals surface area contributed by atoms with E-state index >= 15 is 0 Å². The van der Waals surface area contributed by atoms with Crippen LogP contribution in [0.4, 0.5) is 5.69 Å². The van der Waals surface area contributed by atoms with Crippen molar-refractivity contribution in [3.8, 4) is 0 Å². The van der Waals surface area contributed by atoms with Gasteiger partial charge in [0.15, 0.2) is 0 Å². The molecule has 0 atom stereocenters. The zero-order chi connectivity index (χ0) is 15.3. The van der Waals surface area contributed by atoms with E-state index in [1.54, 1.807) is 6.92 Å². The molecule has 1 aliphatic heterocycles. The second-order valence-corrected chi connectivity index (χ2v) is 5.50. The monoisotopic (exact) mass is 284 g/mol. The van der Waals surface area contributed by atoms with E-state index in [0.717, 1.165) is 22.4 Å². The summed E-state index contributed by atoms with van der Waals surface area (Å²) in [6.07, 6.45) is 0. The number of ketones is 1. The molecule has 3 rings (SSSR count). The molecule has 5 heteroatoms. The number of hydrogen-bond donors (Lipinski definition) is 0. The smallest absolute Gasteiger partial charge is 0.299 e. The predicted molar refractivity (Wildman–Crippen MR) is 77.4 cm³/mol. The van der Waals surface area contributed by atoms with Crippen LogP contribution in [0.2, 0.25) is 0 Å². The van der Waals surface area contributed by atoms with E-state index < -0.39 is 11.7 Å². The van der Waals surface area contributed by atoms with Gasteiger partial charge in [0.25, 0.3) is 11.7 Å². The Hall–Kier alpha value is -2.43. The third-order valence-corrected chi connectivity index (χ3v) is 3.91. The van der Waals surface area contributed by atoms with Crippen LogP contribution in [0.3, 0.4) is 0 Å². The molecule has 0 saturated heterocycles. The van der Waals surface area contributed by atoms with E-state index in [4.69, 9.17) is 4.52 Å². The Morgan fingerprint density at radius 2 is 1.86 bits per heavy atom. The summed E-state index contributed by atoms with van der Waals surface area (Å²) in [6.45, 7) is 7.75. The van der Waals surface area contributed by atoms with Crippen LogP contribution in [-0.4, -0.2) is 16.8 Å².